The summed E-state index contributed by atoms with van der Waals surface area (Å²) in [6, 6.07) is 0. The average molecular weight is 383 g/mol. The molecule has 2 saturated heterocycles. The lowest BCUT2D eigenvalue weighted by molar-refractivity contribution is -0.254. The molecule has 0 radical (unpaired) electrons. The minimum atomic E-state index is -1.86. The zero-order valence-electron chi connectivity index (χ0n) is 14.5. The summed E-state index contributed by atoms with van der Waals surface area (Å²) < 4.78 is 30.6. The fourth-order valence-electron chi connectivity index (χ4n) is 3.67. The van der Waals surface area contributed by atoms with Crippen LogP contribution in [0.3, 0.4) is 0 Å². The van der Waals surface area contributed by atoms with Gasteiger partial charge in [0.2, 0.25) is 5.95 Å². The molecule has 2 aliphatic heterocycles. The minimum absolute atomic E-state index is 0.00253. The molecule has 0 aliphatic carbocycles. The van der Waals surface area contributed by atoms with Gasteiger partial charge in [-0.1, -0.05) is 0 Å². The summed E-state index contributed by atoms with van der Waals surface area (Å²) in [4.78, 5) is 12.3. The van der Waals surface area contributed by atoms with E-state index in [2.05, 4.69) is 15.0 Å². The molecule has 140 valence electrons. The first-order valence-electron chi connectivity index (χ1n) is 7.99. The summed E-state index contributed by atoms with van der Waals surface area (Å²) in [6.07, 6.45) is -0.932. The first-order chi connectivity index (χ1) is 12.2. The molecule has 11 nitrogen and oxygen atoms in total. The molecule has 4 rings (SSSR count). The normalized spacial score (nSPS) is 33.1. The highest BCUT2D eigenvalue weighted by atomic mass is 31.1. The second kappa shape index (κ2) is 5.54. The number of aromatic nitrogens is 4. The largest absolute Gasteiger partial charge is 0.504 e. The topological polar surface area (TPSA) is 161 Å². The van der Waals surface area contributed by atoms with Crippen molar-refractivity contribution < 1.29 is 23.7 Å². The van der Waals surface area contributed by atoms with Crippen LogP contribution in [0.4, 0.5) is 11.8 Å². The quantitative estimate of drug-likeness (QED) is 0.621. The van der Waals surface area contributed by atoms with Gasteiger partial charge in [0.05, 0.1) is 11.9 Å². The van der Waals surface area contributed by atoms with Crippen LogP contribution in [0.15, 0.2) is 6.33 Å². The molecule has 4 heterocycles. The maximum Gasteiger partial charge on any atom is 0.504 e. The van der Waals surface area contributed by atoms with Crippen LogP contribution in [0.25, 0.3) is 11.2 Å². The molecule has 0 saturated carbocycles. The zero-order valence-corrected chi connectivity index (χ0v) is 15.4. The lowest BCUT2D eigenvalue weighted by atomic mass is 9.84. The number of hydrogen-bond acceptors (Lipinski definition) is 10. The van der Waals surface area contributed by atoms with Crippen molar-refractivity contribution >= 4 is 31.0 Å². The van der Waals surface area contributed by atoms with E-state index < -0.39 is 37.7 Å². The van der Waals surface area contributed by atoms with E-state index >= 15 is 0 Å². The molecule has 5 atom stereocenters. The van der Waals surface area contributed by atoms with Crippen LogP contribution in [0, 0.1) is 0 Å². The lowest BCUT2D eigenvalue weighted by Crippen LogP contribution is -2.57. The number of rotatable bonds is 4. The molecule has 12 heteroatoms. The van der Waals surface area contributed by atoms with Crippen LogP contribution in [-0.2, 0) is 18.6 Å². The van der Waals surface area contributed by atoms with E-state index in [9.17, 15) is 9.67 Å². The molecular formula is C14H20N6O5P+. The number of nitrogen functional groups attached to an aromatic ring is 2. The van der Waals surface area contributed by atoms with Crippen LogP contribution in [0.1, 0.15) is 20.1 Å². The van der Waals surface area contributed by atoms with Crippen LogP contribution in [0.2, 0.25) is 0 Å². The Kier molecular flexibility index (Phi) is 3.73. The summed E-state index contributed by atoms with van der Waals surface area (Å²) >= 11 is 0. The van der Waals surface area contributed by atoms with Gasteiger partial charge in [-0.25, -0.2) is 4.98 Å². The zero-order chi connectivity index (χ0) is 18.9. The third-order valence-corrected chi connectivity index (χ3v) is 5.54. The van der Waals surface area contributed by atoms with Gasteiger partial charge in [-0.15, -0.1) is 4.52 Å². The molecule has 0 spiro atoms. The van der Waals surface area contributed by atoms with E-state index in [0.717, 1.165) is 0 Å². The molecule has 0 aromatic carbocycles. The van der Waals surface area contributed by atoms with Crippen molar-refractivity contribution in [3.63, 3.8) is 0 Å². The van der Waals surface area contributed by atoms with Gasteiger partial charge in [0.15, 0.2) is 30.0 Å². The van der Waals surface area contributed by atoms with E-state index in [-0.39, 0.29) is 18.4 Å². The highest BCUT2D eigenvalue weighted by Crippen LogP contribution is 2.54. The Labute approximate surface area is 149 Å². The third kappa shape index (κ3) is 2.25. The fraction of sp³-hybridized carbons (Fsp3) is 0.643. The predicted octanol–water partition coefficient (Wildman–Crippen LogP) is 0.185. The van der Waals surface area contributed by atoms with E-state index in [1.807, 2.05) is 0 Å². The van der Waals surface area contributed by atoms with Gasteiger partial charge in [0.1, 0.15) is 24.3 Å². The Bertz CT molecular complexity index is 903. The molecular weight excluding hydrogens is 363 g/mol. The maximum atomic E-state index is 11.4. The van der Waals surface area contributed by atoms with Crippen molar-refractivity contribution in [2.75, 3.05) is 24.7 Å². The highest BCUT2D eigenvalue weighted by Gasteiger charge is 2.71. The van der Waals surface area contributed by atoms with E-state index in [1.54, 1.807) is 18.4 Å². The summed E-state index contributed by atoms with van der Waals surface area (Å²) in [6.45, 7) is 4.95. The van der Waals surface area contributed by atoms with E-state index in [4.69, 9.17) is 25.5 Å². The van der Waals surface area contributed by atoms with Crippen LogP contribution >= 0.6 is 8.03 Å². The molecule has 5 N–H and O–H groups in total. The second-order valence-electron chi connectivity index (χ2n) is 6.94. The number of ether oxygens (including phenoxy) is 2. The van der Waals surface area contributed by atoms with Crippen LogP contribution < -0.4 is 11.5 Å². The molecule has 2 fully saturated rings. The maximum absolute atomic E-state index is 11.4. The molecule has 0 amide bonds. The number of aliphatic hydroxyl groups excluding tert-OH is 1. The van der Waals surface area contributed by atoms with Crippen molar-refractivity contribution in [1.29, 1.82) is 0 Å². The Hall–Kier alpha value is -1.91. The van der Waals surface area contributed by atoms with Gasteiger partial charge >= 0.3 is 8.03 Å². The molecule has 2 aromatic rings. The smallest absolute Gasteiger partial charge is 0.387 e. The Morgan fingerprint density at radius 1 is 1.38 bits per heavy atom. The number of fused-ring (bicyclic) bond motifs is 3. The molecule has 26 heavy (non-hydrogen) atoms. The van der Waals surface area contributed by atoms with Crippen LogP contribution in [-0.4, -0.2) is 61.3 Å². The second-order valence-corrected chi connectivity index (χ2v) is 8.08. The number of imidazole rings is 1. The number of nitrogens with two attached hydrogens (primary N) is 2. The number of hydrogen-bond donors (Lipinski definition) is 3. The first-order valence-corrected chi connectivity index (χ1v) is 9.62. The number of aliphatic hydroxyl groups is 1. The SMILES string of the molecule is C[P+](=O)OC[C@]12O[C@@H](n3cnc4c(N)nc(N)nc43)[C@H](OC1(C)C)[C@@H]2O. The third-order valence-electron chi connectivity index (χ3n) is 5.05. The van der Waals surface area contributed by atoms with Crippen molar-refractivity contribution in [2.24, 2.45) is 0 Å². The van der Waals surface area contributed by atoms with Gasteiger partial charge in [-0.3, -0.25) is 4.57 Å². The average Bonchev–Trinajstić information content (AvgIpc) is 3.12. The number of anilines is 2. The number of nitrogens with zero attached hydrogens (tertiary/aromatic N) is 4. The lowest BCUT2D eigenvalue weighted by Gasteiger charge is -2.41. The van der Waals surface area contributed by atoms with Gasteiger partial charge in [0, 0.05) is 0 Å². The standard InChI is InChI=1S/C14H20N6O5P/c1-13(2)14(4-23-26(3)22)8(21)7(24-13)11(25-14)20-5-17-6-9(15)18-12(16)19-10(6)20/h5,7-8,11,21H,4H2,1-3H3,(H4,15,16,18,19)/q+1/t7-,8+,11-,14-/m1/s1. The highest BCUT2D eigenvalue weighted by molar-refractivity contribution is 7.38. The van der Waals surface area contributed by atoms with Gasteiger partial charge in [-0.05, 0) is 18.4 Å². The van der Waals surface area contributed by atoms with Crippen molar-refractivity contribution in [3.05, 3.63) is 6.33 Å². The monoisotopic (exact) mass is 383 g/mol. The minimum Gasteiger partial charge on any atom is -0.387 e. The summed E-state index contributed by atoms with van der Waals surface area (Å²) in [5.41, 5.74) is 10.2. The van der Waals surface area contributed by atoms with Gasteiger partial charge in [-0.2, -0.15) is 9.97 Å². The molecule has 2 aliphatic rings. The van der Waals surface area contributed by atoms with Crippen molar-refractivity contribution in [1.82, 2.24) is 19.5 Å². The molecule has 2 aromatic heterocycles. The van der Waals surface area contributed by atoms with E-state index in [0.29, 0.717) is 11.2 Å². The fourth-order valence-corrected chi connectivity index (χ4v) is 4.04. The van der Waals surface area contributed by atoms with Gasteiger partial charge < -0.3 is 26.0 Å². The van der Waals surface area contributed by atoms with Crippen molar-refractivity contribution in [2.45, 2.75) is 43.5 Å². The Morgan fingerprint density at radius 2 is 2.12 bits per heavy atom. The molecule has 1 unspecified atom stereocenters. The summed E-state index contributed by atoms with van der Waals surface area (Å²) in [5.74, 6) is 0.153. The molecule has 2 bridgehead atoms. The van der Waals surface area contributed by atoms with Crippen molar-refractivity contribution in [3.8, 4) is 0 Å². The predicted molar refractivity (Wildman–Crippen MR) is 91.4 cm³/mol. The summed E-state index contributed by atoms with van der Waals surface area (Å²) in [5, 5.41) is 10.8. The first kappa shape index (κ1) is 17.5. The van der Waals surface area contributed by atoms with Gasteiger partial charge in [0.25, 0.3) is 0 Å². The summed E-state index contributed by atoms with van der Waals surface area (Å²) in [7, 11) is -1.86. The Balaban J connectivity index is 1.76. The van der Waals surface area contributed by atoms with E-state index in [1.165, 1.54) is 13.0 Å². The van der Waals surface area contributed by atoms with Crippen LogP contribution in [0.5, 0.6) is 0 Å². The Morgan fingerprint density at radius 3 is 2.81 bits per heavy atom.